The molecule has 1 atom stereocenters. The molecule has 2 aromatic carbocycles. The molecule has 0 aliphatic rings. The average molecular weight is 291 g/mol. The van der Waals surface area contributed by atoms with Crippen LogP contribution in [-0.4, -0.2) is 22.0 Å². The van der Waals surface area contributed by atoms with E-state index >= 15 is 0 Å². The summed E-state index contributed by atoms with van der Waals surface area (Å²) in [5.41, 5.74) is 6.44. The molecule has 0 heterocycles. The molecular weight excluding hydrogens is 273 g/mol. The summed E-state index contributed by atoms with van der Waals surface area (Å²) in [4.78, 5) is 19.2. The topological polar surface area (TPSA) is 83.6 Å². The predicted molar refractivity (Wildman–Crippen MR) is 79.6 cm³/mol. The van der Waals surface area contributed by atoms with Crippen LogP contribution in [0, 0.1) is 0 Å². The molecule has 5 heteroatoms. The average Bonchev–Trinajstić information content (AvgIpc) is 2.45. The van der Waals surface area contributed by atoms with Gasteiger partial charge in [0.25, 0.3) is 0 Å². The molecule has 0 saturated carbocycles. The van der Waals surface area contributed by atoms with Crippen LogP contribution in [0.2, 0.25) is 0 Å². The van der Waals surface area contributed by atoms with E-state index in [2.05, 4.69) is 0 Å². The highest BCUT2D eigenvalue weighted by molar-refractivity contribution is 7.52. The SMILES string of the molecule is NC[C@@H](C(c1ccccc1)c1ccccc1)P(=O)(O)O. The fourth-order valence-corrected chi connectivity index (χ4v) is 3.43. The first-order chi connectivity index (χ1) is 9.54. The summed E-state index contributed by atoms with van der Waals surface area (Å²) in [6.07, 6.45) is 0. The Labute approximate surface area is 118 Å². The molecule has 0 saturated heterocycles. The van der Waals surface area contributed by atoms with Crippen LogP contribution < -0.4 is 5.73 Å². The van der Waals surface area contributed by atoms with Gasteiger partial charge in [0.05, 0.1) is 5.66 Å². The summed E-state index contributed by atoms with van der Waals surface area (Å²) >= 11 is 0. The van der Waals surface area contributed by atoms with E-state index in [1.807, 2.05) is 60.7 Å². The van der Waals surface area contributed by atoms with Crippen molar-refractivity contribution in [2.75, 3.05) is 6.54 Å². The second kappa shape index (κ2) is 6.33. The van der Waals surface area contributed by atoms with Crippen LogP contribution in [0.3, 0.4) is 0 Å². The number of nitrogens with two attached hydrogens (primary N) is 1. The molecule has 0 spiro atoms. The Hall–Kier alpha value is -1.45. The smallest absolute Gasteiger partial charge is 0.330 e. The lowest BCUT2D eigenvalue weighted by molar-refractivity contribution is 0.353. The van der Waals surface area contributed by atoms with Crippen molar-refractivity contribution in [3.63, 3.8) is 0 Å². The van der Waals surface area contributed by atoms with E-state index in [4.69, 9.17) is 5.73 Å². The Kier molecular flexibility index (Phi) is 4.73. The van der Waals surface area contributed by atoms with Crippen LogP contribution >= 0.6 is 7.60 Å². The molecule has 106 valence electrons. The van der Waals surface area contributed by atoms with Crippen LogP contribution in [0.4, 0.5) is 0 Å². The van der Waals surface area contributed by atoms with Gasteiger partial charge in [-0.1, -0.05) is 60.7 Å². The van der Waals surface area contributed by atoms with Crippen LogP contribution in [0.15, 0.2) is 60.7 Å². The lowest BCUT2D eigenvalue weighted by Crippen LogP contribution is -2.28. The molecule has 2 aromatic rings. The summed E-state index contributed by atoms with van der Waals surface area (Å²) in [6.45, 7) is -0.0707. The monoisotopic (exact) mass is 291 g/mol. The summed E-state index contributed by atoms with van der Waals surface area (Å²) < 4.78 is 11.8. The van der Waals surface area contributed by atoms with Gasteiger partial charge in [-0.25, -0.2) is 0 Å². The Balaban J connectivity index is 2.53. The summed E-state index contributed by atoms with van der Waals surface area (Å²) in [6, 6.07) is 18.7. The van der Waals surface area contributed by atoms with Crippen molar-refractivity contribution in [1.82, 2.24) is 0 Å². The zero-order chi connectivity index (χ0) is 14.6. The molecule has 20 heavy (non-hydrogen) atoms. The minimum absolute atomic E-state index is 0.0707. The highest BCUT2D eigenvalue weighted by atomic mass is 31.2. The van der Waals surface area contributed by atoms with Gasteiger partial charge < -0.3 is 15.5 Å². The number of hydrogen-bond donors (Lipinski definition) is 3. The van der Waals surface area contributed by atoms with E-state index in [9.17, 15) is 14.4 Å². The highest BCUT2D eigenvalue weighted by Crippen LogP contribution is 2.49. The van der Waals surface area contributed by atoms with Crippen LogP contribution in [0.5, 0.6) is 0 Å². The molecule has 0 aliphatic carbocycles. The molecule has 0 amide bonds. The second-order valence-electron chi connectivity index (χ2n) is 4.69. The quantitative estimate of drug-likeness (QED) is 0.738. The van der Waals surface area contributed by atoms with Crippen molar-refractivity contribution in [3.8, 4) is 0 Å². The Morgan fingerprint density at radius 3 is 1.60 bits per heavy atom. The van der Waals surface area contributed by atoms with Crippen LogP contribution in [0.25, 0.3) is 0 Å². The molecule has 4 N–H and O–H groups in total. The van der Waals surface area contributed by atoms with Gasteiger partial charge in [-0.05, 0) is 11.1 Å². The first-order valence-corrected chi connectivity index (χ1v) is 8.07. The normalized spacial score (nSPS) is 13.4. The molecule has 0 aromatic heterocycles. The van der Waals surface area contributed by atoms with Gasteiger partial charge in [-0.3, -0.25) is 4.57 Å². The van der Waals surface area contributed by atoms with Crippen LogP contribution in [-0.2, 0) is 4.57 Å². The third-order valence-corrected chi connectivity index (χ3v) is 4.75. The number of hydrogen-bond acceptors (Lipinski definition) is 2. The third kappa shape index (κ3) is 3.35. The fourth-order valence-electron chi connectivity index (χ4n) is 2.43. The van der Waals surface area contributed by atoms with E-state index < -0.39 is 19.2 Å². The maximum atomic E-state index is 11.8. The first-order valence-electron chi connectivity index (χ1n) is 6.39. The van der Waals surface area contributed by atoms with Gasteiger partial charge in [0.15, 0.2) is 0 Å². The Morgan fingerprint density at radius 1 is 0.900 bits per heavy atom. The number of benzene rings is 2. The predicted octanol–water partition coefficient (Wildman–Crippen LogP) is 2.32. The van der Waals surface area contributed by atoms with Gasteiger partial charge in [-0.2, -0.15) is 0 Å². The van der Waals surface area contributed by atoms with E-state index in [1.165, 1.54) is 0 Å². The number of rotatable bonds is 5. The third-order valence-electron chi connectivity index (χ3n) is 3.38. The molecular formula is C15H18NO3P. The van der Waals surface area contributed by atoms with Gasteiger partial charge in [0, 0.05) is 12.5 Å². The molecule has 0 bridgehead atoms. The molecule has 0 unspecified atom stereocenters. The lowest BCUT2D eigenvalue weighted by Gasteiger charge is -2.27. The minimum Gasteiger partial charge on any atom is -0.330 e. The fraction of sp³-hybridized carbons (Fsp3) is 0.200. The minimum atomic E-state index is -4.29. The Morgan fingerprint density at radius 2 is 1.30 bits per heavy atom. The van der Waals surface area contributed by atoms with Crippen molar-refractivity contribution in [1.29, 1.82) is 0 Å². The standard InChI is InChI=1S/C15H18NO3P/c16-11-14(20(17,18)19)15(12-7-3-1-4-8-12)13-9-5-2-6-10-13/h1-10,14-15H,11,16H2,(H2,17,18,19)/t14-/m0/s1. The molecule has 0 aliphatic heterocycles. The van der Waals surface area contributed by atoms with Crippen LogP contribution in [0.1, 0.15) is 17.0 Å². The van der Waals surface area contributed by atoms with Crippen molar-refractivity contribution >= 4 is 7.60 Å². The zero-order valence-electron chi connectivity index (χ0n) is 11.0. The van der Waals surface area contributed by atoms with Crippen molar-refractivity contribution in [2.24, 2.45) is 5.73 Å². The highest BCUT2D eigenvalue weighted by Gasteiger charge is 2.36. The largest absolute Gasteiger partial charge is 0.330 e. The maximum absolute atomic E-state index is 11.8. The molecule has 0 radical (unpaired) electrons. The lowest BCUT2D eigenvalue weighted by atomic mass is 9.88. The van der Waals surface area contributed by atoms with E-state index in [1.54, 1.807) is 0 Å². The molecule has 4 nitrogen and oxygen atoms in total. The summed E-state index contributed by atoms with van der Waals surface area (Å²) in [5.74, 6) is -0.414. The van der Waals surface area contributed by atoms with E-state index in [0.29, 0.717) is 0 Å². The van der Waals surface area contributed by atoms with E-state index in [0.717, 1.165) is 11.1 Å². The van der Waals surface area contributed by atoms with Gasteiger partial charge in [-0.15, -0.1) is 0 Å². The van der Waals surface area contributed by atoms with Crippen molar-refractivity contribution in [3.05, 3.63) is 71.8 Å². The van der Waals surface area contributed by atoms with Crippen molar-refractivity contribution in [2.45, 2.75) is 11.6 Å². The van der Waals surface area contributed by atoms with Gasteiger partial charge >= 0.3 is 7.60 Å². The zero-order valence-corrected chi connectivity index (χ0v) is 11.9. The van der Waals surface area contributed by atoms with Crippen molar-refractivity contribution < 1.29 is 14.4 Å². The summed E-state index contributed by atoms with van der Waals surface area (Å²) in [7, 11) is -4.29. The van der Waals surface area contributed by atoms with Gasteiger partial charge in [0.1, 0.15) is 0 Å². The first kappa shape index (κ1) is 14.9. The Bertz CT molecular complexity index is 543. The van der Waals surface area contributed by atoms with E-state index in [-0.39, 0.29) is 6.54 Å². The summed E-state index contributed by atoms with van der Waals surface area (Å²) in [5, 5.41) is 0. The molecule has 2 rings (SSSR count). The molecule has 0 fully saturated rings. The maximum Gasteiger partial charge on any atom is 0.330 e. The van der Waals surface area contributed by atoms with Gasteiger partial charge in [0.2, 0.25) is 0 Å². The second-order valence-corrected chi connectivity index (χ2v) is 6.53.